The van der Waals surface area contributed by atoms with Crippen molar-refractivity contribution in [2.24, 2.45) is 5.92 Å². The van der Waals surface area contributed by atoms with Gasteiger partial charge in [-0.05, 0) is 64.5 Å². The zero-order valence-electron chi connectivity index (χ0n) is 16.0. The highest BCUT2D eigenvalue weighted by atomic mass is 16.2. The molecule has 2 fully saturated rings. The van der Waals surface area contributed by atoms with Crippen LogP contribution in [0, 0.1) is 5.92 Å². The Morgan fingerprint density at radius 2 is 1.62 bits per heavy atom. The first kappa shape index (κ1) is 18.7. The number of hydrogen-bond donors (Lipinski definition) is 2. The van der Waals surface area contributed by atoms with Gasteiger partial charge in [0.2, 0.25) is 11.8 Å². The lowest BCUT2D eigenvalue weighted by Crippen LogP contribution is -2.52. The van der Waals surface area contributed by atoms with E-state index in [1.165, 1.54) is 0 Å². The van der Waals surface area contributed by atoms with E-state index in [2.05, 4.69) is 10.6 Å². The monoisotopic (exact) mass is 357 g/mol. The molecule has 1 aliphatic carbocycles. The van der Waals surface area contributed by atoms with Crippen LogP contribution in [-0.2, 0) is 9.59 Å². The van der Waals surface area contributed by atoms with Crippen LogP contribution in [0.25, 0.3) is 0 Å². The van der Waals surface area contributed by atoms with Gasteiger partial charge in [0.05, 0.1) is 0 Å². The highest BCUT2D eigenvalue weighted by Crippen LogP contribution is 2.28. The summed E-state index contributed by atoms with van der Waals surface area (Å²) in [6.45, 7) is 5.65. The quantitative estimate of drug-likeness (QED) is 0.851. The number of nitrogens with zero attached hydrogens (tertiary/aromatic N) is 1. The van der Waals surface area contributed by atoms with Gasteiger partial charge in [-0.3, -0.25) is 9.59 Å². The normalized spacial score (nSPS) is 23.5. The molecule has 2 amide bonds. The van der Waals surface area contributed by atoms with Crippen molar-refractivity contribution < 1.29 is 9.59 Å². The number of carbonyl (C=O) groups is 2. The molecule has 1 aliphatic heterocycles. The fourth-order valence-electron chi connectivity index (χ4n) is 3.99. The first-order chi connectivity index (χ1) is 12.5. The minimum atomic E-state index is -0.677. The standard InChI is InChI=1S/C21H31N3O2/c1-21(2,23-18-8-4-3-5-9-18)20(26)22-17-12-10-16(11-13-17)19(25)24-14-6-7-15-24/h3-5,8-9,16-17,23H,6-7,10-15H2,1-2H3,(H,22,26). The van der Waals surface area contributed by atoms with E-state index in [9.17, 15) is 9.59 Å². The molecule has 1 heterocycles. The van der Waals surface area contributed by atoms with Crippen LogP contribution in [0.4, 0.5) is 5.69 Å². The van der Waals surface area contributed by atoms with Gasteiger partial charge in [-0.1, -0.05) is 18.2 Å². The van der Waals surface area contributed by atoms with Gasteiger partial charge in [-0.2, -0.15) is 0 Å². The van der Waals surface area contributed by atoms with Gasteiger partial charge in [0, 0.05) is 30.7 Å². The average Bonchev–Trinajstić information content (AvgIpc) is 3.17. The smallest absolute Gasteiger partial charge is 0.245 e. The summed E-state index contributed by atoms with van der Waals surface area (Å²) in [4.78, 5) is 27.3. The molecule has 0 aromatic heterocycles. The number of amides is 2. The van der Waals surface area contributed by atoms with Gasteiger partial charge in [0.1, 0.15) is 5.54 Å². The van der Waals surface area contributed by atoms with Crippen molar-refractivity contribution >= 4 is 17.5 Å². The predicted molar refractivity (Wildman–Crippen MR) is 104 cm³/mol. The lowest BCUT2D eigenvalue weighted by molar-refractivity contribution is -0.135. The summed E-state index contributed by atoms with van der Waals surface area (Å²) in [6, 6.07) is 9.96. The molecular weight excluding hydrogens is 326 g/mol. The molecule has 26 heavy (non-hydrogen) atoms. The number of anilines is 1. The zero-order valence-corrected chi connectivity index (χ0v) is 16.0. The summed E-state index contributed by atoms with van der Waals surface area (Å²) in [6.07, 6.45) is 5.82. The molecule has 1 aromatic rings. The number of carbonyl (C=O) groups excluding carboxylic acids is 2. The van der Waals surface area contributed by atoms with Crippen molar-refractivity contribution in [2.45, 2.75) is 64.0 Å². The minimum absolute atomic E-state index is 0.00988. The molecule has 0 spiro atoms. The molecule has 5 heteroatoms. The second kappa shape index (κ2) is 8.11. The van der Waals surface area contributed by atoms with E-state index in [1.807, 2.05) is 49.1 Å². The van der Waals surface area contributed by atoms with Crippen LogP contribution in [0.5, 0.6) is 0 Å². The Kier molecular flexibility index (Phi) is 5.84. The van der Waals surface area contributed by atoms with Gasteiger partial charge in [0.15, 0.2) is 0 Å². The van der Waals surface area contributed by atoms with Crippen LogP contribution in [0.1, 0.15) is 52.4 Å². The number of benzene rings is 1. The Labute approximate surface area is 156 Å². The van der Waals surface area contributed by atoms with Crippen LogP contribution >= 0.6 is 0 Å². The van der Waals surface area contributed by atoms with Crippen LogP contribution in [0.2, 0.25) is 0 Å². The third kappa shape index (κ3) is 4.57. The summed E-state index contributed by atoms with van der Waals surface area (Å²) < 4.78 is 0. The minimum Gasteiger partial charge on any atom is -0.372 e. The highest BCUT2D eigenvalue weighted by molar-refractivity contribution is 5.88. The Hall–Kier alpha value is -2.04. The van der Waals surface area contributed by atoms with E-state index in [0.29, 0.717) is 5.91 Å². The lowest BCUT2D eigenvalue weighted by atomic mass is 9.84. The Morgan fingerprint density at radius 3 is 2.23 bits per heavy atom. The summed E-state index contributed by atoms with van der Waals surface area (Å²) in [5.74, 6) is 0.491. The molecule has 1 saturated heterocycles. The van der Waals surface area contributed by atoms with E-state index < -0.39 is 5.54 Å². The van der Waals surface area contributed by atoms with E-state index in [4.69, 9.17) is 0 Å². The highest BCUT2D eigenvalue weighted by Gasteiger charge is 2.33. The molecule has 2 N–H and O–H groups in total. The SMILES string of the molecule is CC(C)(Nc1ccccc1)C(=O)NC1CCC(C(=O)N2CCCC2)CC1. The van der Waals surface area contributed by atoms with Crippen LogP contribution < -0.4 is 10.6 Å². The molecule has 5 nitrogen and oxygen atoms in total. The molecule has 0 bridgehead atoms. The molecule has 0 unspecified atom stereocenters. The lowest BCUT2D eigenvalue weighted by Gasteiger charge is -2.33. The first-order valence-electron chi connectivity index (χ1n) is 9.89. The third-order valence-electron chi connectivity index (χ3n) is 5.63. The first-order valence-corrected chi connectivity index (χ1v) is 9.89. The molecule has 142 valence electrons. The van der Waals surface area contributed by atoms with E-state index in [0.717, 1.165) is 57.3 Å². The maximum atomic E-state index is 12.7. The summed E-state index contributed by atoms with van der Waals surface area (Å²) in [7, 11) is 0. The number of hydrogen-bond acceptors (Lipinski definition) is 3. The molecule has 0 atom stereocenters. The molecule has 2 aliphatic rings. The molecule has 1 aromatic carbocycles. The second-order valence-electron chi connectivity index (χ2n) is 8.17. The van der Waals surface area contributed by atoms with E-state index in [1.54, 1.807) is 0 Å². The molecule has 3 rings (SSSR count). The van der Waals surface area contributed by atoms with Gasteiger partial charge < -0.3 is 15.5 Å². The van der Waals surface area contributed by atoms with Crippen molar-refractivity contribution in [1.82, 2.24) is 10.2 Å². The number of likely N-dealkylation sites (tertiary alicyclic amines) is 1. The average molecular weight is 357 g/mol. The Bertz CT molecular complexity index is 615. The Morgan fingerprint density at radius 1 is 1.00 bits per heavy atom. The maximum absolute atomic E-state index is 12.7. The van der Waals surface area contributed by atoms with Crippen molar-refractivity contribution in [2.75, 3.05) is 18.4 Å². The van der Waals surface area contributed by atoms with Crippen molar-refractivity contribution in [1.29, 1.82) is 0 Å². The van der Waals surface area contributed by atoms with Gasteiger partial charge in [-0.15, -0.1) is 0 Å². The second-order valence-corrected chi connectivity index (χ2v) is 8.17. The molecular formula is C21H31N3O2. The fourth-order valence-corrected chi connectivity index (χ4v) is 3.99. The van der Waals surface area contributed by atoms with Gasteiger partial charge in [-0.25, -0.2) is 0 Å². The van der Waals surface area contributed by atoms with Crippen LogP contribution in [-0.4, -0.2) is 41.4 Å². The van der Waals surface area contributed by atoms with Crippen molar-refractivity contribution in [3.05, 3.63) is 30.3 Å². The van der Waals surface area contributed by atoms with Crippen LogP contribution in [0.15, 0.2) is 30.3 Å². The van der Waals surface area contributed by atoms with E-state index in [-0.39, 0.29) is 17.9 Å². The topological polar surface area (TPSA) is 61.4 Å². The number of rotatable bonds is 5. The van der Waals surface area contributed by atoms with E-state index >= 15 is 0 Å². The summed E-state index contributed by atoms with van der Waals surface area (Å²) >= 11 is 0. The predicted octanol–water partition coefficient (Wildman–Crippen LogP) is 3.17. The van der Waals surface area contributed by atoms with Crippen LogP contribution in [0.3, 0.4) is 0 Å². The zero-order chi connectivity index (χ0) is 18.6. The summed E-state index contributed by atoms with van der Waals surface area (Å²) in [5, 5.41) is 6.48. The largest absolute Gasteiger partial charge is 0.372 e. The molecule has 1 saturated carbocycles. The summed E-state index contributed by atoms with van der Waals surface area (Å²) in [5.41, 5.74) is 0.261. The number of para-hydroxylation sites is 1. The molecule has 0 radical (unpaired) electrons. The number of nitrogens with one attached hydrogen (secondary N) is 2. The fraction of sp³-hybridized carbons (Fsp3) is 0.619. The van der Waals surface area contributed by atoms with Crippen molar-refractivity contribution in [3.8, 4) is 0 Å². The maximum Gasteiger partial charge on any atom is 0.245 e. The van der Waals surface area contributed by atoms with Gasteiger partial charge in [0.25, 0.3) is 0 Å². The van der Waals surface area contributed by atoms with Gasteiger partial charge >= 0.3 is 0 Å². The van der Waals surface area contributed by atoms with Crippen molar-refractivity contribution in [3.63, 3.8) is 0 Å². The third-order valence-corrected chi connectivity index (χ3v) is 5.63. The Balaban J connectivity index is 1.47.